The van der Waals surface area contributed by atoms with Crippen LogP contribution < -0.4 is 27.4 Å². The first kappa shape index (κ1) is 27.8. The molecule has 9 N–H and O–H groups in total. The molecule has 0 spiro atoms. The van der Waals surface area contributed by atoms with E-state index in [0.29, 0.717) is 25.8 Å². The zero-order valence-corrected chi connectivity index (χ0v) is 18.2. The van der Waals surface area contributed by atoms with Gasteiger partial charge in [-0.15, -0.1) is 0 Å². The summed E-state index contributed by atoms with van der Waals surface area (Å²) in [7, 11) is 0. The Kier molecular flexibility index (Phi) is 12.8. The first-order valence-electron chi connectivity index (χ1n) is 10.2. The maximum Gasteiger partial charge on any atom is 0.326 e. The summed E-state index contributed by atoms with van der Waals surface area (Å²) >= 11 is 0. The van der Waals surface area contributed by atoms with Gasteiger partial charge in [-0.25, -0.2) is 4.79 Å². The highest BCUT2D eigenvalue weighted by atomic mass is 16.4. The van der Waals surface area contributed by atoms with Crippen molar-refractivity contribution in [3.63, 3.8) is 0 Å². The largest absolute Gasteiger partial charge is 0.480 e. The second-order valence-electron chi connectivity index (χ2n) is 7.57. The second kappa shape index (κ2) is 13.9. The summed E-state index contributed by atoms with van der Waals surface area (Å²) in [5, 5.41) is 26.6. The molecular formula is C19H37N5O6. The van der Waals surface area contributed by atoms with Gasteiger partial charge in [-0.05, 0) is 45.6 Å². The summed E-state index contributed by atoms with van der Waals surface area (Å²) in [4.78, 5) is 48.7. The molecule has 11 heteroatoms. The molecule has 0 fully saturated rings. The average Bonchev–Trinajstić information content (AvgIpc) is 2.67. The molecule has 6 atom stereocenters. The Morgan fingerprint density at radius 1 is 0.900 bits per heavy atom. The van der Waals surface area contributed by atoms with Gasteiger partial charge in [0.05, 0.1) is 12.1 Å². The Labute approximate surface area is 177 Å². The Morgan fingerprint density at radius 3 is 1.87 bits per heavy atom. The average molecular weight is 432 g/mol. The topological polar surface area (TPSA) is 197 Å². The Hall–Kier alpha value is -2.24. The highest BCUT2D eigenvalue weighted by molar-refractivity contribution is 5.94. The lowest BCUT2D eigenvalue weighted by Gasteiger charge is -2.28. The minimum absolute atomic E-state index is 0.209. The van der Waals surface area contributed by atoms with E-state index in [2.05, 4.69) is 16.0 Å². The zero-order chi connectivity index (χ0) is 23.4. The number of nitrogens with two attached hydrogens (primary N) is 2. The van der Waals surface area contributed by atoms with Crippen LogP contribution in [0.5, 0.6) is 0 Å². The van der Waals surface area contributed by atoms with Crippen LogP contribution in [-0.4, -0.2) is 70.7 Å². The molecule has 3 amide bonds. The number of carbonyl (C=O) groups excluding carboxylic acids is 3. The van der Waals surface area contributed by atoms with Crippen molar-refractivity contribution in [2.75, 3.05) is 6.54 Å². The van der Waals surface area contributed by atoms with E-state index in [9.17, 15) is 29.4 Å². The number of rotatable bonds is 14. The molecular weight excluding hydrogens is 394 g/mol. The third-order valence-electron chi connectivity index (χ3n) is 4.83. The van der Waals surface area contributed by atoms with Gasteiger partial charge in [0.15, 0.2) is 0 Å². The van der Waals surface area contributed by atoms with Crippen LogP contribution >= 0.6 is 0 Å². The molecule has 0 aromatic carbocycles. The molecule has 0 aromatic heterocycles. The fraction of sp³-hybridized carbons (Fsp3) is 0.789. The fourth-order valence-corrected chi connectivity index (χ4v) is 2.65. The van der Waals surface area contributed by atoms with Gasteiger partial charge in [-0.2, -0.15) is 0 Å². The number of nitrogens with one attached hydrogen (secondary N) is 3. The van der Waals surface area contributed by atoms with Crippen LogP contribution in [0.1, 0.15) is 53.4 Å². The third kappa shape index (κ3) is 9.51. The first-order valence-corrected chi connectivity index (χ1v) is 10.2. The van der Waals surface area contributed by atoms with Crippen LogP contribution in [0.15, 0.2) is 0 Å². The Morgan fingerprint density at radius 2 is 1.43 bits per heavy atom. The van der Waals surface area contributed by atoms with Gasteiger partial charge in [0.1, 0.15) is 18.1 Å². The van der Waals surface area contributed by atoms with Crippen LogP contribution in [0.3, 0.4) is 0 Å². The van der Waals surface area contributed by atoms with Crippen molar-refractivity contribution in [3.8, 4) is 0 Å². The number of unbranched alkanes of at least 4 members (excludes halogenated alkanes) is 1. The van der Waals surface area contributed by atoms with Gasteiger partial charge in [0, 0.05) is 0 Å². The van der Waals surface area contributed by atoms with Crippen LogP contribution in [0, 0.1) is 5.92 Å². The van der Waals surface area contributed by atoms with Gasteiger partial charge >= 0.3 is 5.97 Å². The van der Waals surface area contributed by atoms with Crippen molar-refractivity contribution in [3.05, 3.63) is 0 Å². The molecule has 0 heterocycles. The molecule has 0 radical (unpaired) electrons. The van der Waals surface area contributed by atoms with Gasteiger partial charge in [0.25, 0.3) is 0 Å². The van der Waals surface area contributed by atoms with Crippen molar-refractivity contribution >= 4 is 23.7 Å². The highest BCUT2D eigenvalue weighted by Gasteiger charge is 2.33. The molecule has 0 saturated carbocycles. The lowest BCUT2D eigenvalue weighted by molar-refractivity contribution is -0.143. The summed E-state index contributed by atoms with van der Waals surface area (Å²) < 4.78 is 0. The Bertz CT molecular complexity index is 584. The second-order valence-corrected chi connectivity index (χ2v) is 7.57. The summed E-state index contributed by atoms with van der Waals surface area (Å²) in [6.45, 7) is 6.71. The number of carboxylic acids is 1. The standard InChI is InChI=1S/C19H37N5O6/c1-5-10(2)14(17(27)22-13(19(29)30)8-6-7-9-20)23-18(28)15(12(4)25)24-16(26)11(3)21/h10-15,25H,5-9,20-21H2,1-4H3,(H,22,27)(H,23,28)(H,24,26)(H,29,30). The number of aliphatic hydroxyl groups is 1. The minimum atomic E-state index is -1.32. The number of hydrogen-bond donors (Lipinski definition) is 7. The van der Waals surface area contributed by atoms with Crippen molar-refractivity contribution in [1.82, 2.24) is 16.0 Å². The normalized spacial score (nSPS) is 17.0. The number of amides is 3. The van der Waals surface area contributed by atoms with Crippen LogP contribution in [0.2, 0.25) is 0 Å². The zero-order valence-electron chi connectivity index (χ0n) is 18.2. The van der Waals surface area contributed by atoms with Crippen molar-refractivity contribution < 1.29 is 29.4 Å². The molecule has 30 heavy (non-hydrogen) atoms. The molecule has 6 unspecified atom stereocenters. The van der Waals surface area contributed by atoms with Crippen molar-refractivity contribution in [2.24, 2.45) is 17.4 Å². The smallest absolute Gasteiger partial charge is 0.326 e. The number of aliphatic hydroxyl groups excluding tert-OH is 1. The lowest BCUT2D eigenvalue weighted by Crippen LogP contribution is -2.60. The van der Waals surface area contributed by atoms with E-state index >= 15 is 0 Å². The molecule has 11 nitrogen and oxygen atoms in total. The first-order chi connectivity index (χ1) is 14.0. The fourth-order valence-electron chi connectivity index (χ4n) is 2.65. The van der Waals surface area contributed by atoms with Gasteiger partial charge in [0.2, 0.25) is 17.7 Å². The van der Waals surface area contributed by atoms with E-state index < -0.39 is 54.0 Å². The van der Waals surface area contributed by atoms with Crippen LogP contribution in [0.4, 0.5) is 0 Å². The third-order valence-corrected chi connectivity index (χ3v) is 4.83. The Balaban J connectivity index is 5.37. The number of carbonyl (C=O) groups is 4. The van der Waals surface area contributed by atoms with Gasteiger partial charge in [-0.1, -0.05) is 20.3 Å². The molecule has 174 valence electrons. The SMILES string of the molecule is CCC(C)C(NC(=O)C(NC(=O)C(C)N)C(C)O)C(=O)NC(CCCCN)C(=O)O. The minimum Gasteiger partial charge on any atom is -0.480 e. The van der Waals surface area contributed by atoms with E-state index in [-0.39, 0.29) is 12.3 Å². The number of carboxylic acid groups (broad SMARTS) is 1. The van der Waals surface area contributed by atoms with E-state index in [4.69, 9.17) is 11.5 Å². The molecule has 0 rings (SSSR count). The predicted molar refractivity (Wildman–Crippen MR) is 111 cm³/mol. The highest BCUT2D eigenvalue weighted by Crippen LogP contribution is 2.11. The van der Waals surface area contributed by atoms with E-state index in [1.807, 2.05) is 6.92 Å². The van der Waals surface area contributed by atoms with Gasteiger partial charge < -0.3 is 37.6 Å². The summed E-state index contributed by atoms with van der Waals surface area (Å²) in [6, 6.07) is -4.37. The quantitative estimate of drug-likeness (QED) is 0.160. The van der Waals surface area contributed by atoms with E-state index in [1.165, 1.54) is 13.8 Å². The molecule has 0 aliphatic carbocycles. The summed E-state index contributed by atoms with van der Waals surface area (Å²) in [5.74, 6) is -3.56. The van der Waals surface area contributed by atoms with E-state index in [0.717, 1.165) is 0 Å². The van der Waals surface area contributed by atoms with Gasteiger partial charge in [-0.3, -0.25) is 14.4 Å². The van der Waals surface area contributed by atoms with Crippen molar-refractivity contribution in [2.45, 2.75) is 83.6 Å². The van der Waals surface area contributed by atoms with Crippen LogP contribution in [0.25, 0.3) is 0 Å². The van der Waals surface area contributed by atoms with Crippen LogP contribution in [-0.2, 0) is 19.2 Å². The molecule has 0 bridgehead atoms. The summed E-state index contributed by atoms with van der Waals surface area (Å²) in [6.07, 6.45) is 0.646. The predicted octanol–water partition coefficient (Wildman–Crippen LogP) is -1.57. The molecule has 0 saturated heterocycles. The molecule has 0 aliphatic heterocycles. The monoisotopic (exact) mass is 431 g/mol. The van der Waals surface area contributed by atoms with Crippen molar-refractivity contribution in [1.29, 1.82) is 0 Å². The number of hydrogen-bond acceptors (Lipinski definition) is 7. The molecule has 0 aromatic rings. The summed E-state index contributed by atoms with van der Waals surface area (Å²) in [5.41, 5.74) is 10.9. The molecule has 0 aliphatic rings. The van der Waals surface area contributed by atoms with E-state index in [1.54, 1.807) is 6.92 Å². The lowest BCUT2D eigenvalue weighted by atomic mass is 9.96. The maximum absolute atomic E-state index is 12.8. The number of aliphatic carboxylic acids is 1. The maximum atomic E-state index is 12.8.